The second-order valence-corrected chi connectivity index (χ2v) is 7.16. The lowest BCUT2D eigenvalue weighted by Gasteiger charge is -2.16. The fourth-order valence-electron chi connectivity index (χ4n) is 3.83. The zero-order chi connectivity index (χ0) is 17.6. The quantitative estimate of drug-likeness (QED) is 0.882. The standard InChI is InChI=1S/C17H24N6O2/c1-10-12(6-18-22(10)2)17(24)23-7-13(11-4-5-11)14(8-23)16-19-15(9-25-3)20-21-16/h6,11,13-14H,4-5,7-9H2,1-3H3,(H,19,20,21)/t13-,14+/m1/s1. The molecule has 2 aromatic rings. The van der Waals surface area contributed by atoms with Gasteiger partial charge in [0, 0.05) is 38.9 Å². The SMILES string of the molecule is COCc1nc([C@H]2CN(C(=O)c3cnn(C)c3C)C[C@@H]2C2CC2)n[nH]1. The van der Waals surface area contributed by atoms with E-state index in [4.69, 9.17) is 4.74 Å². The molecule has 8 heteroatoms. The van der Waals surface area contributed by atoms with Crippen molar-refractivity contribution >= 4 is 5.91 Å². The number of likely N-dealkylation sites (tertiary alicyclic amines) is 1. The Morgan fingerprint density at radius 3 is 2.84 bits per heavy atom. The van der Waals surface area contributed by atoms with Crippen LogP contribution in [0, 0.1) is 18.8 Å². The van der Waals surface area contributed by atoms with Crippen molar-refractivity contribution in [2.24, 2.45) is 18.9 Å². The van der Waals surface area contributed by atoms with Crippen LogP contribution in [0.1, 0.15) is 46.5 Å². The molecule has 1 saturated heterocycles. The molecular formula is C17H24N6O2. The lowest BCUT2D eigenvalue weighted by atomic mass is 9.91. The number of rotatable bonds is 5. The molecule has 0 aromatic carbocycles. The molecule has 0 bridgehead atoms. The smallest absolute Gasteiger partial charge is 0.257 e. The van der Waals surface area contributed by atoms with Crippen LogP contribution >= 0.6 is 0 Å². The maximum atomic E-state index is 13.0. The first-order valence-electron chi connectivity index (χ1n) is 8.76. The molecular weight excluding hydrogens is 320 g/mol. The number of hydrogen-bond donors (Lipinski definition) is 1. The summed E-state index contributed by atoms with van der Waals surface area (Å²) in [6.07, 6.45) is 4.15. The highest BCUT2D eigenvalue weighted by atomic mass is 16.5. The summed E-state index contributed by atoms with van der Waals surface area (Å²) in [7, 11) is 3.50. The number of amides is 1. The molecule has 0 unspecified atom stereocenters. The fraction of sp³-hybridized carbons (Fsp3) is 0.647. The van der Waals surface area contributed by atoms with Gasteiger partial charge in [-0.2, -0.15) is 10.2 Å². The highest BCUT2D eigenvalue weighted by Crippen LogP contribution is 2.47. The predicted molar refractivity (Wildman–Crippen MR) is 89.9 cm³/mol. The molecule has 1 aliphatic carbocycles. The maximum absolute atomic E-state index is 13.0. The molecule has 2 fully saturated rings. The highest BCUT2D eigenvalue weighted by Gasteiger charge is 2.46. The van der Waals surface area contributed by atoms with E-state index in [9.17, 15) is 4.79 Å². The van der Waals surface area contributed by atoms with Crippen molar-refractivity contribution in [3.63, 3.8) is 0 Å². The molecule has 25 heavy (non-hydrogen) atoms. The average molecular weight is 344 g/mol. The van der Waals surface area contributed by atoms with E-state index in [1.807, 2.05) is 18.9 Å². The molecule has 2 aliphatic rings. The van der Waals surface area contributed by atoms with E-state index in [2.05, 4.69) is 20.3 Å². The van der Waals surface area contributed by atoms with Gasteiger partial charge in [0.1, 0.15) is 6.61 Å². The third kappa shape index (κ3) is 2.95. The largest absolute Gasteiger partial charge is 0.377 e. The van der Waals surface area contributed by atoms with E-state index in [0.29, 0.717) is 30.6 Å². The number of ether oxygens (including phenoxy) is 1. The molecule has 1 amide bonds. The van der Waals surface area contributed by atoms with Crippen molar-refractivity contribution in [2.75, 3.05) is 20.2 Å². The summed E-state index contributed by atoms with van der Waals surface area (Å²) in [4.78, 5) is 19.5. The molecule has 1 N–H and O–H groups in total. The Morgan fingerprint density at radius 1 is 1.40 bits per heavy atom. The first-order valence-corrected chi connectivity index (χ1v) is 8.76. The average Bonchev–Trinajstić information content (AvgIpc) is 3.03. The Kier molecular flexibility index (Phi) is 4.07. The first-order chi connectivity index (χ1) is 12.1. The van der Waals surface area contributed by atoms with Crippen LogP contribution in [0.15, 0.2) is 6.20 Å². The summed E-state index contributed by atoms with van der Waals surface area (Å²) in [5.74, 6) is 2.91. The summed E-state index contributed by atoms with van der Waals surface area (Å²) in [5.41, 5.74) is 1.59. The normalized spacial score (nSPS) is 23.4. The number of hydrogen-bond acceptors (Lipinski definition) is 5. The fourth-order valence-corrected chi connectivity index (χ4v) is 3.83. The number of nitrogens with one attached hydrogen (secondary N) is 1. The zero-order valence-corrected chi connectivity index (χ0v) is 14.9. The zero-order valence-electron chi connectivity index (χ0n) is 14.9. The van der Waals surface area contributed by atoms with Crippen LogP contribution in [0.4, 0.5) is 0 Å². The highest BCUT2D eigenvalue weighted by molar-refractivity contribution is 5.95. The van der Waals surface area contributed by atoms with Crippen LogP contribution in [-0.4, -0.2) is 56.0 Å². The van der Waals surface area contributed by atoms with E-state index in [0.717, 1.165) is 23.9 Å². The third-order valence-corrected chi connectivity index (χ3v) is 5.51. The molecule has 3 heterocycles. The minimum Gasteiger partial charge on any atom is -0.377 e. The second-order valence-electron chi connectivity index (χ2n) is 7.16. The van der Waals surface area contributed by atoms with Crippen molar-refractivity contribution in [3.8, 4) is 0 Å². The lowest BCUT2D eigenvalue weighted by Crippen LogP contribution is -2.29. The number of aryl methyl sites for hydroxylation is 1. The molecule has 8 nitrogen and oxygen atoms in total. The second kappa shape index (κ2) is 6.25. The van der Waals surface area contributed by atoms with Crippen LogP contribution in [0.5, 0.6) is 0 Å². The van der Waals surface area contributed by atoms with Crippen molar-refractivity contribution in [2.45, 2.75) is 32.3 Å². The number of aromatic amines is 1. The number of carbonyl (C=O) groups is 1. The van der Waals surface area contributed by atoms with Gasteiger partial charge in [0.05, 0.1) is 11.8 Å². The monoisotopic (exact) mass is 344 g/mol. The van der Waals surface area contributed by atoms with Crippen molar-refractivity contribution < 1.29 is 9.53 Å². The number of aromatic nitrogens is 5. The predicted octanol–water partition coefficient (Wildman–Crippen LogP) is 1.26. The summed E-state index contributed by atoms with van der Waals surface area (Å²) in [6, 6.07) is 0. The van der Waals surface area contributed by atoms with Crippen molar-refractivity contribution in [1.29, 1.82) is 0 Å². The molecule has 2 aromatic heterocycles. The van der Waals surface area contributed by atoms with Gasteiger partial charge in [-0.3, -0.25) is 14.6 Å². The molecule has 1 saturated carbocycles. The molecule has 4 rings (SSSR count). The van der Waals surface area contributed by atoms with E-state index in [1.165, 1.54) is 12.8 Å². The lowest BCUT2D eigenvalue weighted by molar-refractivity contribution is 0.0784. The van der Waals surface area contributed by atoms with Crippen molar-refractivity contribution in [1.82, 2.24) is 29.9 Å². The van der Waals surface area contributed by atoms with E-state index < -0.39 is 0 Å². The Labute approximate surface area is 146 Å². The molecule has 0 spiro atoms. The van der Waals surface area contributed by atoms with Crippen LogP contribution in [0.2, 0.25) is 0 Å². The first kappa shape index (κ1) is 16.3. The molecule has 2 atom stereocenters. The van der Waals surface area contributed by atoms with E-state index in [1.54, 1.807) is 18.0 Å². The van der Waals surface area contributed by atoms with Crippen molar-refractivity contribution in [3.05, 3.63) is 29.1 Å². The van der Waals surface area contributed by atoms with Gasteiger partial charge < -0.3 is 9.64 Å². The summed E-state index contributed by atoms with van der Waals surface area (Å²) in [6.45, 7) is 3.79. The van der Waals surface area contributed by atoms with Crippen LogP contribution in [0.25, 0.3) is 0 Å². The van der Waals surface area contributed by atoms with Gasteiger partial charge in [0.25, 0.3) is 5.91 Å². The Hall–Kier alpha value is -2.22. The third-order valence-electron chi connectivity index (χ3n) is 5.51. The topological polar surface area (TPSA) is 88.9 Å². The van der Waals surface area contributed by atoms with Gasteiger partial charge in [-0.15, -0.1) is 0 Å². The summed E-state index contributed by atoms with van der Waals surface area (Å²) in [5, 5.41) is 11.5. The van der Waals surface area contributed by atoms with Gasteiger partial charge in [-0.05, 0) is 31.6 Å². The summed E-state index contributed by atoms with van der Waals surface area (Å²) < 4.78 is 6.86. The van der Waals surface area contributed by atoms with E-state index in [-0.39, 0.29) is 11.8 Å². The number of H-pyrrole nitrogens is 1. The summed E-state index contributed by atoms with van der Waals surface area (Å²) >= 11 is 0. The van der Waals surface area contributed by atoms with E-state index >= 15 is 0 Å². The van der Waals surface area contributed by atoms with Crippen LogP contribution in [-0.2, 0) is 18.4 Å². The van der Waals surface area contributed by atoms with Gasteiger partial charge in [-0.1, -0.05) is 0 Å². The van der Waals surface area contributed by atoms with Crippen LogP contribution in [0.3, 0.4) is 0 Å². The van der Waals surface area contributed by atoms with Gasteiger partial charge in [0.15, 0.2) is 11.6 Å². The van der Waals surface area contributed by atoms with Gasteiger partial charge >= 0.3 is 0 Å². The number of methoxy groups -OCH3 is 1. The Morgan fingerprint density at radius 2 is 2.20 bits per heavy atom. The number of carbonyl (C=O) groups excluding carboxylic acids is 1. The minimum atomic E-state index is 0.0615. The van der Waals surface area contributed by atoms with Gasteiger partial charge in [0.2, 0.25) is 0 Å². The Balaban J connectivity index is 1.56. The molecule has 0 radical (unpaired) electrons. The molecule has 1 aliphatic heterocycles. The number of nitrogens with zero attached hydrogens (tertiary/aromatic N) is 5. The molecule has 134 valence electrons. The Bertz CT molecular complexity index is 778. The minimum absolute atomic E-state index is 0.0615. The maximum Gasteiger partial charge on any atom is 0.257 e. The van der Waals surface area contributed by atoms with Crippen LogP contribution < -0.4 is 0 Å². The van der Waals surface area contributed by atoms with Gasteiger partial charge in [-0.25, -0.2) is 4.98 Å².